The molecule has 3 aromatic carbocycles. The first-order chi connectivity index (χ1) is 18.0. The van der Waals surface area contributed by atoms with Gasteiger partial charge in [-0.15, -0.1) is 5.10 Å². The van der Waals surface area contributed by atoms with Gasteiger partial charge in [0.05, 0.1) is 5.69 Å². The van der Waals surface area contributed by atoms with E-state index in [-0.39, 0.29) is 23.7 Å². The Bertz CT molecular complexity index is 1420. The number of aromatic nitrogens is 3. The number of rotatable bonds is 6. The number of hydrogen-bond donors (Lipinski definition) is 3. The summed E-state index contributed by atoms with van der Waals surface area (Å²) < 4.78 is 1.53. The molecule has 2 heterocycles. The molecule has 1 aliphatic heterocycles. The summed E-state index contributed by atoms with van der Waals surface area (Å²) in [5.41, 5.74) is 4.59. The third kappa shape index (κ3) is 5.36. The highest BCUT2D eigenvalue weighted by Gasteiger charge is 2.19. The maximum atomic E-state index is 13.1. The van der Waals surface area contributed by atoms with Crippen molar-refractivity contribution in [3.05, 3.63) is 95.1 Å². The number of aryl methyl sites for hydroxylation is 2. The lowest BCUT2D eigenvalue weighted by Gasteiger charge is -2.29. The topological polar surface area (TPSA) is 104 Å². The third-order valence-corrected chi connectivity index (χ3v) is 6.41. The Labute approximate surface area is 215 Å². The van der Waals surface area contributed by atoms with Crippen molar-refractivity contribution in [1.82, 2.24) is 20.1 Å². The van der Waals surface area contributed by atoms with Crippen molar-refractivity contribution in [1.29, 1.82) is 0 Å². The van der Waals surface area contributed by atoms with E-state index in [4.69, 9.17) is 0 Å². The Kier molecular flexibility index (Phi) is 6.96. The third-order valence-electron chi connectivity index (χ3n) is 6.41. The van der Waals surface area contributed by atoms with Crippen LogP contribution in [-0.4, -0.2) is 52.8 Å². The molecule has 0 radical (unpaired) electrons. The second kappa shape index (κ2) is 10.6. The molecule has 1 fully saturated rings. The van der Waals surface area contributed by atoms with Crippen LogP contribution in [0, 0.1) is 13.8 Å². The highest BCUT2D eigenvalue weighted by atomic mass is 16.2. The molecular formula is C28H29N7O2. The summed E-state index contributed by atoms with van der Waals surface area (Å²) in [5.74, 6) is -0.315. The second-order valence-corrected chi connectivity index (χ2v) is 8.96. The molecule has 0 atom stereocenters. The van der Waals surface area contributed by atoms with Gasteiger partial charge in [-0.3, -0.25) is 20.2 Å². The van der Waals surface area contributed by atoms with E-state index < -0.39 is 0 Å². The number of piperazine rings is 1. The van der Waals surface area contributed by atoms with E-state index in [9.17, 15) is 9.59 Å². The molecule has 9 heteroatoms. The van der Waals surface area contributed by atoms with Crippen molar-refractivity contribution in [2.75, 3.05) is 41.7 Å². The van der Waals surface area contributed by atoms with Crippen molar-refractivity contribution in [3.63, 3.8) is 0 Å². The lowest BCUT2D eigenvalue weighted by molar-refractivity contribution is 0.101. The Balaban J connectivity index is 1.45. The van der Waals surface area contributed by atoms with E-state index in [2.05, 4.69) is 30.9 Å². The number of anilines is 3. The fourth-order valence-corrected chi connectivity index (χ4v) is 4.35. The number of benzene rings is 3. The van der Waals surface area contributed by atoms with Gasteiger partial charge in [-0.25, -0.2) is 0 Å². The van der Waals surface area contributed by atoms with Gasteiger partial charge in [0.2, 0.25) is 5.95 Å². The summed E-state index contributed by atoms with van der Waals surface area (Å²) >= 11 is 0. The summed E-state index contributed by atoms with van der Waals surface area (Å²) in [6, 6.07) is 22.6. The maximum absolute atomic E-state index is 13.1. The van der Waals surface area contributed by atoms with Crippen LogP contribution in [0.1, 0.15) is 31.8 Å². The minimum Gasteiger partial charge on any atom is -0.369 e. The van der Waals surface area contributed by atoms with E-state index in [0.29, 0.717) is 16.8 Å². The number of hydrogen-bond acceptors (Lipinski definition) is 6. The molecular weight excluding hydrogens is 466 g/mol. The molecule has 37 heavy (non-hydrogen) atoms. The van der Waals surface area contributed by atoms with Crippen molar-refractivity contribution in [2.24, 2.45) is 0 Å². The van der Waals surface area contributed by atoms with Crippen molar-refractivity contribution >= 4 is 29.4 Å². The van der Waals surface area contributed by atoms with Gasteiger partial charge in [0.1, 0.15) is 0 Å². The average Bonchev–Trinajstić information content (AvgIpc) is 3.31. The van der Waals surface area contributed by atoms with Gasteiger partial charge in [-0.05, 0) is 61.4 Å². The molecule has 1 saturated heterocycles. The first-order valence-electron chi connectivity index (χ1n) is 12.3. The van der Waals surface area contributed by atoms with Crippen LogP contribution in [0.2, 0.25) is 0 Å². The van der Waals surface area contributed by atoms with E-state index >= 15 is 0 Å². The second-order valence-electron chi connectivity index (χ2n) is 8.96. The fraction of sp³-hybridized carbons (Fsp3) is 0.214. The van der Waals surface area contributed by atoms with Crippen LogP contribution < -0.4 is 20.9 Å². The molecule has 2 amide bonds. The summed E-state index contributed by atoms with van der Waals surface area (Å²) in [4.78, 5) is 32.8. The Morgan fingerprint density at radius 1 is 0.757 bits per heavy atom. The van der Waals surface area contributed by atoms with E-state index in [1.54, 1.807) is 12.1 Å². The summed E-state index contributed by atoms with van der Waals surface area (Å²) in [6.07, 6.45) is 0. The van der Waals surface area contributed by atoms with Crippen LogP contribution in [0.3, 0.4) is 0 Å². The predicted molar refractivity (Wildman–Crippen MR) is 145 cm³/mol. The Morgan fingerprint density at radius 3 is 1.89 bits per heavy atom. The van der Waals surface area contributed by atoms with Gasteiger partial charge in [-0.2, -0.15) is 9.67 Å². The number of carbonyl (C=O) groups is 2. The molecule has 1 aliphatic rings. The van der Waals surface area contributed by atoms with Crippen LogP contribution in [0.5, 0.6) is 0 Å². The minimum absolute atomic E-state index is 0.0968. The van der Waals surface area contributed by atoms with Crippen molar-refractivity contribution in [2.45, 2.75) is 13.8 Å². The lowest BCUT2D eigenvalue weighted by Crippen LogP contribution is -2.43. The van der Waals surface area contributed by atoms with E-state index in [1.807, 2.05) is 74.5 Å². The molecule has 3 N–H and O–H groups in total. The molecule has 9 nitrogen and oxygen atoms in total. The van der Waals surface area contributed by atoms with Gasteiger partial charge in [0.25, 0.3) is 17.8 Å². The fourth-order valence-electron chi connectivity index (χ4n) is 4.35. The first kappa shape index (κ1) is 24.2. The summed E-state index contributed by atoms with van der Waals surface area (Å²) in [7, 11) is 0. The smallest absolute Gasteiger partial charge is 0.258 e. The number of nitrogens with zero attached hydrogens (tertiary/aromatic N) is 4. The maximum Gasteiger partial charge on any atom is 0.258 e. The standard InChI is InChI=1S/C28H29N7O2/c1-19-7-3-5-9-23(19)25(36)30-27-32-28(31-26(37)24-10-6-4-8-20(24)2)35(33-27)22-13-11-21(12-14-22)34-17-15-29-16-18-34/h3-14,29H,15-18H2,1-2H3,(H2,30,31,32,33,36,37). The molecule has 0 spiro atoms. The van der Waals surface area contributed by atoms with Crippen LogP contribution in [0.15, 0.2) is 72.8 Å². The van der Waals surface area contributed by atoms with Crippen LogP contribution >= 0.6 is 0 Å². The van der Waals surface area contributed by atoms with Gasteiger partial charge in [0.15, 0.2) is 0 Å². The quantitative estimate of drug-likeness (QED) is 0.376. The van der Waals surface area contributed by atoms with Gasteiger partial charge in [-0.1, -0.05) is 36.4 Å². The highest BCUT2D eigenvalue weighted by Crippen LogP contribution is 2.22. The molecule has 0 saturated carbocycles. The summed E-state index contributed by atoms with van der Waals surface area (Å²) in [6.45, 7) is 7.52. The number of carbonyl (C=O) groups excluding carboxylic acids is 2. The van der Waals surface area contributed by atoms with Gasteiger partial charge < -0.3 is 10.2 Å². The lowest BCUT2D eigenvalue weighted by atomic mass is 10.1. The zero-order valence-electron chi connectivity index (χ0n) is 20.9. The zero-order chi connectivity index (χ0) is 25.8. The largest absolute Gasteiger partial charge is 0.369 e. The predicted octanol–water partition coefficient (Wildman–Crippen LogP) is 3.80. The Morgan fingerprint density at radius 2 is 1.30 bits per heavy atom. The molecule has 1 aromatic heterocycles. The molecule has 4 aromatic rings. The van der Waals surface area contributed by atoms with Crippen molar-refractivity contribution in [3.8, 4) is 5.69 Å². The number of nitrogens with one attached hydrogen (secondary N) is 3. The van der Waals surface area contributed by atoms with Crippen molar-refractivity contribution < 1.29 is 9.59 Å². The van der Waals surface area contributed by atoms with Crippen LogP contribution in [-0.2, 0) is 0 Å². The van der Waals surface area contributed by atoms with E-state index in [1.165, 1.54) is 4.68 Å². The number of amides is 2. The summed E-state index contributed by atoms with van der Waals surface area (Å²) in [5, 5.41) is 13.5. The van der Waals surface area contributed by atoms with Gasteiger partial charge >= 0.3 is 0 Å². The highest BCUT2D eigenvalue weighted by molar-refractivity contribution is 6.06. The Hall–Kier alpha value is -4.50. The minimum atomic E-state index is -0.318. The first-order valence-corrected chi connectivity index (χ1v) is 12.3. The van der Waals surface area contributed by atoms with Gasteiger partial charge in [0, 0.05) is 43.0 Å². The monoisotopic (exact) mass is 495 g/mol. The normalized spacial score (nSPS) is 13.3. The molecule has 188 valence electrons. The molecule has 0 unspecified atom stereocenters. The molecule has 0 aliphatic carbocycles. The van der Waals surface area contributed by atoms with E-state index in [0.717, 1.165) is 43.0 Å². The van der Waals surface area contributed by atoms with Crippen LogP contribution in [0.4, 0.5) is 17.6 Å². The average molecular weight is 496 g/mol. The SMILES string of the molecule is Cc1ccccc1C(=O)Nc1nc(NC(=O)c2ccccc2C)n(-c2ccc(N3CCNCC3)cc2)n1. The molecule has 5 rings (SSSR count). The zero-order valence-corrected chi connectivity index (χ0v) is 20.9. The van der Waals surface area contributed by atoms with Crippen LogP contribution in [0.25, 0.3) is 5.69 Å². The molecule has 0 bridgehead atoms.